The molecule has 0 aromatic heterocycles. The molecule has 130 valence electrons. The predicted molar refractivity (Wildman–Crippen MR) is 89.7 cm³/mol. The molecule has 0 unspecified atom stereocenters. The van der Waals surface area contributed by atoms with Gasteiger partial charge in [0.2, 0.25) is 0 Å². The third kappa shape index (κ3) is 4.21. The topological polar surface area (TPSA) is 165 Å². The molecule has 2 rings (SSSR count). The lowest BCUT2D eigenvalue weighted by molar-refractivity contribution is -0.140. The van der Waals surface area contributed by atoms with E-state index in [1.807, 2.05) is 0 Å². The molecule has 4 N–H and O–H groups in total. The zero-order valence-electron chi connectivity index (χ0n) is 13.3. The Labute approximate surface area is 142 Å². The Bertz CT molecular complexity index is 793. The van der Waals surface area contributed by atoms with Gasteiger partial charge >= 0.3 is 5.97 Å². The highest BCUT2D eigenvalue weighted by molar-refractivity contribution is 6.17. The number of nitrogens with zero attached hydrogens (tertiary/aromatic N) is 5. The van der Waals surface area contributed by atoms with Crippen molar-refractivity contribution in [2.75, 3.05) is 6.54 Å². The van der Waals surface area contributed by atoms with Crippen molar-refractivity contribution in [3.05, 3.63) is 46.0 Å². The van der Waals surface area contributed by atoms with Crippen LogP contribution in [0.3, 0.4) is 0 Å². The summed E-state index contributed by atoms with van der Waals surface area (Å²) in [7, 11) is 0. The molecular formula is C15H16N6O4. The van der Waals surface area contributed by atoms with Gasteiger partial charge in [0, 0.05) is 10.6 Å². The molecule has 1 heterocycles. The number of aliphatic hydroxyl groups is 1. The van der Waals surface area contributed by atoms with Gasteiger partial charge in [-0.2, -0.15) is 0 Å². The molecule has 1 aliphatic rings. The Hall–Kier alpha value is -3.20. The van der Waals surface area contributed by atoms with Gasteiger partial charge in [-0.25, -0.2) is 4.99 Å². The number of hydrogen-bond acceptors (Lipinski definition) is 6. The summed E-state index contributed by atoms with van der Waals surface area (Å²) in [6.45, 7) is 0.817. The molecule has 0 aliphatic carbocycles. The van der Waals surface area contributed by atoms with Crippen LogP contribution < -0.4 is 5.73 Å². The van der Waals surface area contributed by atoms with E-state index in [0.717, 1.165) is 4.90 Å². The molecule has 25 heavy (non-hydrogen) atoms. The second-order valence-corrected chi connectivity index (χ2v) is 5.33. The lowest BCUT2D eigenvalue weighted by Crippen LogP contribution is -2.50. The maximum absolute atomic E-state index is 12.4. The SMILES string of the molecule is C[C@@H](O)[C@H](N)C1=N/C(=C\c2ccc(N=[N+]=[N-])cc2)C(=O)N1CC(=O)O. The fourth-order valence-electron chi connectivity index (χ4n) is 2.17. The van der Waals surface area contributed by atoms with Crippen molar-refractivity contribution >= 4 is 29.5 Å². The van der Waals surface area contributed by atoms with Gasteiger partial charge in [0.15, 0.2) is 0 Å². The van der Waals surface area contributed by atoms with Gasteiger partial charge in [-0.1, -0.05) is 29.4 Å². The van der Waals surface area contributed by atoms with Gasteiger partial charge in [-0.15, -0.1) is 0 Å². The van der Waals surface area contributed by atoms with Crippen LogP contribution in [-0.2, 0) is 9.59 Å². The van der Waals surface area contributed by atoms with E-state index in [1.165, 1.54) is 13.0 Å². The molecule has 0 bridgehead atoms. The second-order valence-electron chi connectivity index (χ2n) is 5.33. The van der Waals surface area contributed by atoms with Crippen molar-refractivity contribution in [3.8, 4) is 0 Å². The van der Waals surface area contributed by atoms with Gasteiger partial charge in [-0.05, 0) is 24.1 Å². The van der Waals surface area contributed by atoms with E-state index in [0.29, 0.717) is 11.3 Å². The molecule has 0 radical (unpaired) electrons. The molecule has 1 aromatic carbocycles. The summed E-state index contributed by atoms with van der Waals surface area (Å²) < 4.78 is 0. The average Bonchev–Trinajstić information content (AvgIpc) is 2.85. The van der Waals surface area contributed by atoms with Crippen LogP contribution in [0.25, 0.3) is 16.5 Å². The first-order chi connectivity index (χ1) is 11.8. The number of amidine groups is 1. The third-order valence-electron chi connectivity index (χ3n) is 3.44. The first-order valence-corrected chi connectivity index (χ1v) is 7.26. The van der Waals surface area contributed by atoms with Gasteiger partial charge in [-0.3, -0.25) is 14.5 Å². The number of hydrogen-bond donors (Lipinski definition) is 3. The predicted octanol–water partition coefficient (Wildman–Crippen LogP) is 1.00. The Morgan fingerprint density at radius 3 is 2.64 bits per heavy atom. The van der Waals surface area contributed by atoms with Crippen LogP contribution in [-0.4, -0.2) is 51.5 Å². The van der Waals surface area contributed by atoms with Crippen molar-refractivity contribution in [2.24, 2.45) is 15.8 Å². The minimum atomic E-state index is -1.22. The monoisotopic (exact) mass is 344 g/mol. The molecule has 0 fully saturated rings. The number of amides is 1. The number of carbonyl (C=O) groups excluding carboxylic acids is 1. The van der Waals surface area contributed by atoms with Gasteiger partial charge in [0.05, 0.1) is 12.1 Å². The van der Waals surface area contributed by atoms with E-state index in [1.54, 1.807) is 24.3 Å². The molecule has 0 spiro atoms. The number of benzene rings is 1. The highest BCUT2D eigenvalue weighted by atomic mass is 16.4. The first-order valence-electron chi connectivity index (χ1n) is 7.26. The average molecular weight is 344 g/mol. The number of azide groups is 1. The lowest BCUT2D eigenvalue weighted by atomic mass is 10.1. The standard InChI is InChI=1S/C15H16N6O4/c1-8(22)13(16)14-18-11(15(25)21(14)7-12(23)24)6-9-2-4-10(5-3-9)19-20-17/h2-6,8,13,22H,7,16H2,1H3,(H,23,24)/b11-6-/t8-,13+/m1/s1. The van der Waals surface area contributed by atoms with E-state index in [-0.39, 0.29) is 11.5 Å². The smallest absolute Gasteiger partial charge is 0.323 e. The highest BCUT2D eigenvalue weighted by Gasteiger charge is 2.36. The minimum Gasteiger partial charge on any atom is -0.480 e. The summed E-state index contributed by atoms with van der Waals surface area (Å²) in [5.41, 5.74) is 15.2. The van der Waals surface area contributed by atoms with Crippen LogP contribution in [0.15, 0.2) is 40.1 Å². The molecule has 0 saturated carbocycles. The zero-order valence-corrected chi connectivity index (χ0v) is 13.3. The van der Waals surface area contributed by atoms with E-state index in [9.17, 15) is 14.7 Å². The lowest BCUT2D eigenvalue weighted by Gasteiger charge is -2.22. The fourth-order valence-corrected chi connectivity index (χ4v) is 2.17. The number of aliphatic hydroxyl groups excluding tert-OH is 1. The molecule has 2 atom stereocenters. The largest absolute Gasteiger partial charge is 0.480 e. The Balaban J connectivity index is 2.37. The molecule has 1 aliphatic heterocycles. The van der Waals surface area contributed by atoms with Crippen molar-refractivity contribution in [1.29, 1.82) is 0 Å². The number of aliphatic imine (C=N–C) groups is 1. The van der Waals surface area contributed by atoms with Crippen molar-refractivity contribution in [1.82, 2.24) is 4.90 Å². The van der Waals surface area contributed by atoms with Crippen LogP contribution in [0.1, 0.15) is 12.5 Å². The summed E-state index contributed by atoms with van der Waals surface area (Å²) in [5.74, 6) is -1.84. The van der Waals surface area contributed by atoms with Gasteiger partial charge in [0.1, 0.15) is 18.1 Å². The molecule has 1 amide bonds. The fraction of sp³-hybridized carbons (Fsp3) is 0.267. The minimum absolute atomic E-state index is 0.000601. The number of rotatable bonds is 6. The summed E-state index contributed by atoms with van der Waals surface area (Å²) in [4.78, 5) is 31.1. The number of aliphatic carboxylic acids is 1. The van der Waals surface area contributed by atoms with Gasteiger partial charge < -0.3 is 15.9 Å². The summed E-state index contributed by atoms with van der Waals surface area (Å²) >= 11 is 0. The van der Waals surface area contributed by atoms with Crippen LogP contribution in [0.2, 0.25) is 0 Å². The Morgan fingerprint density at radius 2 is 2.12 bits per heavy atom. The highest BCUT2D eigenvalue weighted by Crippen LogP contribution is 2.21. The van der Waals surface area contributed by atoms with Crippen LogP contribution in [0.4, 0.5) is 5.69 Å². The van der Waals surface area contributed by atoms with E-state index < -0.39 is 30.6 Å². The van der Waals surface area contributed by atoms with Crippen molar-refractivity contribution in [2.45, 2.75) is 19.1 Å². The zero-order chi connectivity index (χ0) is 18.6. The molecule has 1 aromatic rings. The van der Waals surface area contributed by atoms with Crippen molar-refractivity contribution < 1.29 is 19.8 Å². The van der Waals surface area contributed by atoms with Crippen LogP contribution >= 0.6 is 0 Å². The summed E-state index contributed by atoms with van der Waals surface area (Å²) in [5, 5.41) is 22.0. The van der Waals surface area contributed by atoms with E-state index in [4.69, 9.17) is 16.4 Å². The number of carboxylic acid groups (broad SMARTS) is 1. The van der Waals surface area contributed by atoms with E-state index in [2.05, 4.69) is 15.0 Å². The van der Waals surface area contributed by atoms with Crippen molar-refractivity contribution in [3.63, 3.8) is 0 Å². The maximum Gasteiger partial charge on any atom is 0.323 e. The maximum atomic E-state index is 12.4. The number of carboxylic acids is 1. The normalized spacial score (nSPS) is 17.9. The molecule has 10 heteroatoms. The number of nitrogens with two attached hydrogens (primary N) is 1. The van der Waals surface area contributed by atoms with Gasteiger partial charge in [0.25, 0.3) is 5.91 Å². The van der Waals surface area contributed by atoms with Crippen LogP contribution in [0, 0.1) is 0 Å². The Kier molecular flexibility index (Phi) is 5.50. The summed E-state index contributed by atoms with van der Waals surface area (Å²) in [6.07, 6.45) is 0.448. The second kappa shape index (κ2) is 7.58. The molecular weight excluding hydrogens is 328 g/mol. The number of carbonyl (C=O) groups is 2. The molecule has 0 saturated heterocycles. The Morgan fingerprint density at radius 1 is 1.48 bits per heavy atom. The van der Waals surface area contributed by atoms with E-state index >= 15 is 0 Å². The third-order valence-corrected chi connectivity index (χ3v) is 3.44. The summed E-state index contributed by atoms with van der Waals surface area (Å²) in [6, 6.07) is 5.36. The quantitative estimate of drug-likeness (QED) is 0.302. The first kappa shape index (κ1) is 18.1. The van der Waals surface area contributed by atoms with Crippen LogP contribution in [0.5, 0.6) is 0 Å². The molecule has 10 nitrogen and oxygen atoms in total.